The van der Waals surface area contributed by atoms with Crippen molar-refractivity contribution in [2.75, 3.05) is 0 Å². The molecule has 5 heteroatoms. The zero-order chi connectivity index (χ0) is 37.2. The van der Waals surface area contributed by atoms with E-state index < -0.39 is 5.41 Å². The third kappa shape index (κ3) is 3.94. The Hall–Kier alpha value is -7.63. The predicted molar refractivity (Wildman–Crippen MR) is 230 cm³/mol. The summed E-state index contributed by atoms with van der Waals surface area (Å²) in [5, 5.41) is 4.63. The van der Waals surface area contributed by atoms with Gasteiger partial charge in [0.05, 0.1) is 27.5 Å². The van der Waals surface area contributed by atoms with Crippen LogP contribution in [0.3, 0.4) is 0 Å². The molecule has 0 saturated heterocycles. The van der Waals surface area contributed by atoms with Crippen LogP contribution >= 0.6 is 0 Å². The number of hydrogen-bond acceptors (Lipinski definition) is 3. The van der Waals surface area contributed by atoms with Crippen molar-refractivity contribution in [2.45, 2.75) is 5.41 Å². The van der Waals surface area contributed by atoms with Gasteiger partial charge in [0.25, 0.3) is 0 Å². The highest BCUT2D eigenvalue weighted by atomic mass is 15.3. The summed E-state index contributed by atoms with van der Waals surface area (Å²) in [6.07, 6.45) is 0. The summed E-state index contributed by atoms with van der Waals surface area (Å²) in [5.41, 5.74) is 15.0. The monoisotopic (exact) mass is 725 g/mol. The highest BCUT2D eigenvalue weighted by molar-refractivity contribution is 6.12. The molecule has 0 N–H and O–H groups in total. The van der Waals surface area contributed by atoms with E-state index in [9.17, 15) is 0 Å². The van der Waals surface area contributed by atoms with Crippen LogP contribution in [0.15, 0.2) is 188 Å². The number of benzene rings is 8. The first-order valence-electron chi connectivity index (χ1n) is 19.5. The van der Waals surface area contributed by atoms with Crippen molar-refractivity contribution in [1.29, 1.82) is 0 Å². The molecule has 3 heterocycles. The molecule has 1 spiro atoms. The van der Waals surface area contributed by atoms with Crippen LogP contribution in [-0.2, 0) is 5.41 Å². The Labute approximate surface area is 327 Å². The van der Waals surface area contributed by atoms with Crippen molar-refractivity contribution in [2.24, 2.45) is 0 Å². The quantitative estimate of drug-likeness (QED) is 0.182. The zero-order valence-corrected chi connectivity index (χ0v) is 30.6. The molecule has 13 rings (SSSR count). The molecule has 0 amide bonds. The van der Waals surface area contributed by atoms with Crippen molar-refractivity contribution in [3.63, 3.8) is 0 Å². The number of rotatable bonds is 3. The number of para-hydroxylation sites is 3. The summed E-state index contributed by atoms with van der Waals surface area (Å²) in [4.78, 5) is 16.0. The van der Waals surface area contributed by atoms with E-state index in [0.29, 0.717) is 17.7 Å². The lowest BCUT2D eigenvalue weighted by Crippen LogP contribution is -2.25. The van der Waals surface area contributed by atoms with Gasteiger partial charge < -0.3 is 0 Å². The molecule has 264 valence electrons. The highest BCUT2D eigenvalue weighted by Gasteiger charge is 2.51. The van der Waals surface area contributed by atoms with E-state index in [4.69, 9.17) is 15.0 Å². The van der Waals surface area contributed by atoms with E-state index in [1.54, 1.807) is 0 Å². The minimum Gasteiger partial charge on any atom is -0.278 e. The van der Waals surface area contributed by atoms with Crippen molar-refractivity contribution >= 4 is 43.6 Å². The van der Waals surface area contributed by atoms with Crippen LogP contribution in [0.4, 0.5) is 0 Å². The molecule has 0 fully saturated rings. The molecular formula is C52H31N5. The van der Waals surface area contributed by atoms with Crippen LogP contribution in [0.5, 0.6) is 0 Å². The van der Waals surface area contributed by atoms with Crippen molar-refractivity contribution in [3.8, 4) is 45.5 Å². The summed E-state index contributed by atoms with van der Waals surface area (Å²) < 4.78 is 4.45. The molecule has 8 aromatic carbocycles. The third-order valence-corrected chi connectivity index (χ3v) is 12.4. The van der Waals surface area contributed by atoms with Crippen LogP contribution in [-0.4, -0.2) is 24.1 Å². The maximum absolute atomic E-state index is 5.44. The largest absolute Gasteiger partial charge is 0.278 e. The fraction of sp³-hybridized carbons (Fsp3) is 0.0192. The summed E-state index contributed by atoms with van der Waals surface area (Å²) in [6, 6.07) is 67.7. The van der Waals surface area contributed by atoms with Gasteiger partial charge in [-0.1, -0.05) is 158 Å². The Morgan fingerprint density at radius 2 is 0.737 bits per heavy atom. The van der Waals surface area contributed by atoms with Gasteiger partial charge in [0.1, 0.15) is 0 Å². The first kappa shape index (κ1) is 30.7. The summed E-state index contributed by atoms with van der Waals surface area (Å²) >= 11 is 0. The maximum atomic E-state index is 5.44. The normalized spacial score (nSPS) is 13.4. The van der Waals surface area contributed by atoms with E-state index in [2.05, 4.69) is 179 Å². The van der Waals surface area contributed by atoms with E-state index in [1.165, 1.54) is 44.5 Å². The number of fused-ring (bicyclic) bond motifs is 16. The standard InChI is InChI=1S/C52H31N5/c1-2-16-32(17-3-1)49-53-50(56-45-27-13-7-21-36(45)37-22-8-14-28-46(37)56)55-51(54-49)57-47-29-15-9-23-38(47)40-30-39-35-20-6-12-26-43(35)52(44(39)31-48(40)57)41-24-10-4-18-33(41)34-19-5-11-25-42(34)52/h1-31H. The first-order valence-corrected chi connectivity index (χ1v) is 19.5. The topological polar surface area (TPSA) is 48.5 Å². The van der Waals surface area contributed by atoms with Crippen LogP contribution in [0.2, 0.25) is 0 Å². The minimum absolute atomic E-state index is 0.475. The lowest BCUT2D eigenvalue weighted by atomic mass is 9.70. The Morgan fingerprint density at radius 1 is 0.316 bits per heavy atom. The van der Waals surface area contributed by atoms with Gasteiger partial charge in [-0.3, -0.25) is 9.13 Å². The molecule has 0 unspecified atom stereocenters. The van der Waals surface area contributed by atoms with E-state index in [-0.39, 0.29) is 0 Å². The Kier molecular flexibility index (Phi) is 6.04. The number of aromatic nitrogens is 5. The minimum atomic E-state index is -0.475. The van der Waals surface area contributed by atoms with E-state index in [1.807, 2.05) is 18.2 Å². The van der Waals surface area contributed by atoms with E-state index in [0.717, 1.165) is 49.2 Å². The first-order chi connectivity index (χ1) is 28.3. The fourth-order valence-electron chi connectivity index (χ4n) is 10.2. The summed E-state index contributed by atoms with van der Waals surface area (Å²) in [6.45, 7) is 0. The average Bonchev–Trinajstić information content (AvgIpc) is 3.98. The zero-order valence-electron chi connectivity index (χ0n) is 30.6. The molecule has 0 aliphatic heterocycles. The molecule has 0 bridgehead atoms. The smallest absolute Gasteiger partial charge is 0.240 e. The lowest BCUT2D eigenvalue weighted by Gasteiger charge is -2.30. The van der Waals surface area contributed by atoms with Crippen LogP contribution in [0.25, 0.3) is 89.2 Å². The lowest BCUT2D eigenvalue weighted by molar-refractivity contribution is 0.794. The molecule has 5 nitrogen and oxygen atoms in total. The SMILES string of the molecule is c1ccc(-c2nc(-n3c4ccccc4c4ccccc43)nc(-n3c4ccccc4c4cc5c(cc43)C3(c4ccccc4-c4ccccc43)c3ccccc3-5)n2)cc1. The number of hydrogen-bond donors (Lipinski definition) is 0. The molecule has 57 heavy (non-hydrogen) atoms. The average molecular weight is 726 g/mol. The van der Waals surface area contributed by atoms with E-state index >= 15 is 0 Å². The molecule has 0 saturated carbocycles. The van der Waals surface area contributed by atoms with Crippen LogP contribution in [0.1, 0.15) is 22.3 Å². The fourth-order valence-corrected chi connectivity index (χ4v) is 10.2. The second-order valence-electron chi connectivity index (χ2n) is 15.1. The molecule has 2 aliphatic rings. The van der Waals surface area contributed by atoms with Gasteiger partial charge in [-0.15, -0.1) is 0 Å². The highest BCUT2D eigenvalue weighted by Crippen LogP contribution is 2.63. The third-order valence-electron chi connectivity index (χ3n) is 12.4. The molecule has 2 aliphatic carbocycles. The van der Waals surface area contributed by atoms with Crippen molar-refractivity contribution < 1.29 is 0 Å². The molecule has 3 aromatic heterocycles. The Morgan fingerprint density at radius 3 is 1.28 bits per heavy atom. The predicted octanol–water partition coefficient (Wildman–Crippen LogP) is 12.1. The van der Waals surface area contributed by atoms with Gasteiger partial charge in [0.15, 0.2) is 5.82 Å². The Bertz CT molecular complexity index is 3380. The van der Waals surface area contributed by atoms with Crippen LogP contribution in [0, 0.1) is 0 Å². The molecule has 11 aromatic rings. The van der Waals surface area contributed by atoms with Gasteiger partial charge in [-0.05, 0) is 74.8 Å². The van der Waals surface area contributed by atoms with Crippen molar-refractivity contribution in [3.05, 3.63) is 210 Å². The number of nitrogens with zero attached hydrogens (tertiary/aromatic N) is 5. The Balaban J connectivity index is 1.16. The van der Waals surface area contributed by atoms with Gasteiger partial charge >= 0.3 is 0 Å². The molecular weight excluding hydrogens is 695 g/mol. The molecule has 0 atom stereocenters. The van der Waals surface area contributed by atoms with Gasteiger partial charge in [-0.25, -0.2) is 0 Å². The van der Waals surface area contributed by atoms with Crippen LogP contribution < -0.4 is 0 Å². The van der Waals surface area contributed by atoms with Gasteiger partial charge in [0, 0.05) is 27.1 Å². The summed E-state index contributed by atoms with van der Waals surface area (Å²) in [7, 11) is 0. The maximum Gasteiger partial charge on any atom is 0.240 e. The van der Waals surface area contributed by atoms with Crippen molar-refractivity contribution in [1.82, 2.24) is 24.1 Å². The van der Waals surface area contributed by atoms with Gasteiger partial charge in [0.2, 0.25) is 11.9 Å². The second kappa shape index (κ2) is 11.2. The van der Waals surface area contributed by atoms with Gasteiger partial charge in [-0.2, -0.15) is 15.0 Å². The second-order valence-corrected chi connectivity index (χ2v) is 15.1. The molecule has 0 radical (unpaired) electrons. The summed E-state index contributed by atoms with van der Waals surface area (Å²) in [5.74, 6) is 1.77.